The fourth-order valence-corrected chi connectivity index (χ4v) is 2.27. The first kappa shape index (κ1) is 13.1. The molecule has 1 aromatic rings. The number of hydrogen-bond donors (Lipinski definition) is 1. The summed E-state index contributed by atoms with van der Waals surface area (Å²) in [5.74, 6) is -1.82. The number of carbonyl (C=O) groups is 1. The maximum atomic E-state index is 13.6. The Morgan fingerprint density at radius 3 is 2.61 bits per heavy atom. The number of rotatable bonds is 3. The van der Waals surface area contributed by atoms with Crippen molar-refractivity contribution in [3.05, 3.63) is 35.4 Å². The van der Waals surface area contributed by atoms with Gasteiger partial charge in [-0.05, 0) is 44.1 Å². The van der Waals surface area contributed by atoms with Crippen LogP contribution in [0.3, 0.4) is 0 Å². The quantitative estimate of drug-likeness (QED) is 0.838. The van der Waals surface area contributed by atoms with E-state index >= 15 is 0 Å². The Morgan fingerprint density at radius 1 is 1.33 bits per heavy atom. The lowest BCUT2D eigenvalue weighted by Crippen LogP contribution is -2.49. The van der Waals surface area contributed by atoms with Crippen LogP contribution in [0.15, 0.2) is 18.2 Å². The maximum absolute atomic E-state index is 13.6. The molecule has 5 heteroatoms. The van der Waals surface area contributed by atoms with Crippen LogP contribution < -0.4 is 5.32 Å². The molecule has 1 N–H and O–H groups in total. The lowest BCUT2D eigenvalue weighted by atomic mass is 9.84. The molecule has 98 valence electrons. The van der Waals surface area contributed by atoms with Crippen LogP contribution in [0.1, 0.15) is 23.2 Å². The third-order valence-electron chi connectivity index (χ3n) is 3.39. The number of Topliss-reactive ketones (excluding diaryl/α,β-unsaturated/α-hetero) is 1. The zero-order valence-electron chi connectivity index (χ0n) is 10.1. The van der Waals surface area contributed by atoms with Gasteiger partial charge in [-0.25, -0.2) is 8.78 Å². The van der Waals surface area contributed by atoms with E-state index in [0.29, 0.717) is 25.9 Å². The van der Waals surface area contributed by atoms with Crippen LogP contribution in [0.25, 0.3) is 0 Å². The van der Waals surface area contributed by atoms with Crippen molar-refractivity contribution in [1.29, 1.82) is 0 Å². The smallest absolute Gasteiger partial charge is 0.197 e. The Bertz CT molecular complexity index is 456. The fraction of sp³-hybridized carbons (Fsp3) is 0.462. The largest absolute Gasteiger partial charge is 0.370 e. The molecule has 0 unspecified atom stereocenters. The summed E-state index contributed by atoms with van der Waals surface area (Å²) in [5.41, 5.74) is -1.28. The minimum Gasteiger partial charge on any atom is -0.370 e. The number of piperidine rings is 1. The highest BCUT2D eigenvalue weighted by atomic mass is 19.1. The van der Waals surface area contributed by atoms with Gasteiger partial charge in [-0.2, -0.15) is 0 Å². The summed E-state index contributed by atoms with van der Waals surface area (Å²) < 4.78 is 32.1. The molecule has 0 atom stereocenters. The van der Waals surface area contributed by atoms with Crippen LogP contribution in [0, 0.1) is 11.6 Å². The van der Waals surface area contributed by atoms with Gasteiger partial charge >= 0.3 is 0 Å². The lowest BCUT2D eigenvalue weighted by Gasteiger charge is -2.34. The molecule has 1 aliphatic heterocycles. The van der Waals surface area contributed by atoms with Gasteiger partial charge in [-0.15, -0.1) is 0 Å². The standard InChI is InChI=1S/C13H15F2NO2/c1-18-13(4-6-16-7-5-13)12(17)10-8-9(14)2-3-11(10)15/h2-3,8,16H,4-7H2,1H3. The third kappa shape index (κ3) is 2.28. The Labute approximate surface area is 104 Å². The lowest BCUT2D eigenvalue weighted by molar-refractivity contribution is -0.0157. The minimum atomic E-state index is -1.04. The summed E-state index contributed by atoms with van der Waals surface area (Å²) in [4.78, 5) is 12.4. The van der Waals surface area contributed by atoms with Crippen LogP contribution in [0.2, 0.25) is 0 Å². The fourth-order valence-electron chi connectivity index (χ4n) is 2.27. The molecule has 18 heavy (non-hydrogen) atoms. The van der Waals surface area contributed by atoms with Crippen molar-refractivity contribution in [2.45, 2.75) is 18.4 Å². The van der Waals surface area contributed by atoms with Gasteiger partial charge in [0.25, 0.3) is 0 Å². The number of halogens is 2. The highest BCUT2D eigenvalue weighted by molar-refractivity contribution is 6.02. The van der Waals surface area contributed by atoms with Gasteiger partial charge in [0.15, 0.2) is 5.78 Å². The summed E-state index contributed by atoms with van der Waals surface area (Å²) in [6, 6.07) is 2.89. The van der Waals surface area contributed by atoms with Crippen LogP contribution in [0.5, 0.6) is 0 Å². The summed E-state index contributed by atoms with van der Waals surface area (Å²) in [7, 11) is 1.43. The van der Waals surface area contributed by atoms with Gasteiger partial charge in [0, 0.05) is 7.11 Å². The van der Waals surface area contributed by atoms with Crippen molar-refractivity contribution in [2.24, 2.45) is 0 Å². The Kier molecular flexibility index (Phi) is 3.73. The molecule has 2 rings (SSSR count). The predicted molar refractivity (Wildman–Crippen MR) is 62.5 cm³/mol. The molecule has 1 saturated heterocycles. The van der Waals surface area contributed by atoms with Gasteiger partial charge in [0.1, 0.15) is 17.2 Å². The Morgan fingerprint density at radius 2 is 2.00 bits per heavy atom. The molecular weight excluding hydrogens is 240 g/mol. The van der Waals surface area contributed by atoms with Crippen molar-refractivity contribution < 1.29 is 18.3 Å². The minimum absolute atomic E-state index is 0.237. The summed E-state index contributed by atoms with van der Waals surface area (Å²) in [6.45, 7) is 1.24. The van der Waals surface area contributed by atoms with Gasteiger partial charge < -0.3 is 10.1 Å². The topological polar surface area (TPSA) is 38.3 Å². The van der Waals surface area contributed by atoms with Gasteiger partial charge in [0.05, 0.1) is 5.56 Å². The van der Waals surface area contributed by atoms with E-state index in [1.165, 1.54) is 7.11 Å². The normalized spacial score (nSPS) is 18.6. The van der Waals surface area contributed by atoms with E-state index in [4.69, 9.17) is 4.74 Å². The molecular formula is C13H15F2NO2. The predicted octanol–water partition coefficient (Wildman–Crippen LogP) is 1.92. The Hall–Kier alpha value is -1.33. The van der Waals surface area contributed by atoms with E-state index < -0.39 is 23.0 Å². The molecule has 0 amide bonds. The van der Waals surface area contributed by atoms with Crippen LogP contribution in [0.4, 0.5) is 8.78 Å². The second-order valence-corrected chi connectivity index (χ2v) is 4.40. The first-order valence-electron chi connectivity index (χ1n) is 5.85. The van der Waals surface area contributed by atoms with Crippen LogP contribution in [-0.4, -0.2) is 31.6 Å². The van der Waals surface area contributed by atoms with Crippen molar-refractivity contribution in [1.82, 2.24) is 5.32 Å². The summed E-state index contributed by atoms with van der Waals surface area (Å²) in [5, 5.41) is 3.11. The zero-order chi connectivity index (χ0) is 13.2. The third-order valence-corrected chi connectivity index (χ3v) is 3.39. The monoisotopic (exact) mass is 255 g/mol. The molecule has 1 aliphatic rings. The highest BCUT2D eigenvalue weighted by Crippen LogP contribution is 2.28. The molecule has 3 nitrogen and oxygen atoms in total. The molecule has 1 heterocycles. The molecule has 0 radical (unpaired) electrons. The molecule has 1 fully saturated rings. The highest BCUT2D eigenvalue weighted by Gasteiger charge is 2.41. The second-order valence-electron chi connectivity index (χ2n) is 4.40. The number of carbonyl (C=O) groups excluding carboxylic acids is 1. The number of ether oxygens (including phenoxy) is 1. The number of ketones is 1. The van der Waals surface area contributed by atoms with E-state index in [9.17, 15) is 13.6 Å². The second kappa shape index (κ2) is 5.12. The summed E-state index contributed by atoms with van der Waals surface area (Å²) in [6.07, 6.45) is 0.913. The molecule has 0 aromatic heterocycles. The average Bonchev–Trinajstić information content (AvgIpc) is 2.41. The van der Waals surface area contributed by atoms with Crippen molar-refractivity contribution in [2.75, 3.05) is 20.2 Å². The van der Waals surface area contributed by atoms with E-state index in [1.54, 1.807) is 0 Å². The molecule has 0 aliphatic carbocycles. The van der Waals surface area contributed by atoms with E-state index in [0.717, 1.165) is 18.2 Å². The first-order valence-corrected chi connectivity index (χ1v) is 5.85. The Balaban J connectivity index is 2.36. The summed E-state index contributed by atoms with van der Waals surface area (Å²) >= 11 is 0. The van der Waals surface area contributed by atoms with Gasteiger partial charge in [-0.3, -0.25) is 4.79 Å². The van der Waals surface area contributed by atoms with Crippen molar-refractivity contribution >= 4 is 5.78 Å². The first-order chi connectivity index (χ1) is 8.59. The van der Waals surface area contributed by atoms with E-state index in [-0.39, 0.29) is 5.56 Å². The van der Waals surface area contributed by atoms with Gasteiger partial charge in [0.2, 0.25) is 0 Å². The molecule has 0 saturated carbocycles. The van der Waals surface area contributed by atoms with E-state index in [2.05, 4.69) is 5.32 Å². The molecule has 1 aromatic carbocycles. The SMILES string of the molecule is COC1(C(=O)c2cc(F)ccc2F)CCNCC1. The zero-order valence-corrected chi connectivity index (χ0v) is 10.1. The van der Waals surface area contributed by atoms with Gasteiger partial charge in [-0.1, -0.05) is 0 Å². The number of methoxy groups -OCH3 is 1. The van der Waals surface area contributed by atoms with Crippen molar-refractivity contribution in [3.63, 3.8) is 0 Å². The number of hydrogen-bond acceptors (Lipinski definition) is 3. The van der Waals surface area contributed by atoms with Crippen LogP contribution >= 0.6 is 0 Å². The number of nitrogens with one attached hydrogen (secondary N) is 1. The number of benzene rings is 1. The van der Waals surface area contributed by atoms with Crippen molar-refractivity contribution in [3.8, 4) is 0 Å². The average molecular weight is 255 g/mol. The van der Waals surface area contributed by atoms with E-state index in [1.807, 2.05) is 0 Å². The molecule has 0 spiro atoms. The van der Waals surface area contributed by atoms with Crippen LogP contribution in [-0.2, 0) is 4.74 Å². The maximum Gasteiger partial charge on any atom is 0.197 e. The molecule has 0 bridgehead atoms.